The van der Waals surface area contributed by atoms with Crippen LogP contribution in [-0.2, 0) is 0 Å². The zero-order valence-corrected chi connectivity index (χ0v) is 19.3. The highest BCUT2D eigenvalue weighted by Gasteiger charge is 2.52. The van der Waals surface area contributed by atoms with Crippen LogP contribution in [0.15, 0.2) is 120 Å². The first-order chi connectivity index (χ1) is 14.8. The predicted molar refractivity (Wildman–Crippen MR) is 136 cm³/mol. The average molecular weight is 428 g/mol. The van der Waals surface area contributed by atoms with Crippen molar-refractivity contribution in [2.75, 3.05) is 6.26 Å². The van der Waals surface area contributed by atoms with E-state index in [-0.39, 0.29) is 0 Å². The molecular weight excluding hydrogens is 399 g/mol. The monoisotopic (exact) mass is 427 g/mol. The summed E-state index contributed by atoms with van der Waals surface area (Å²) >= 11 is 1.80. The molecule has 0 heterocycles. The highest BCUT2D eigenvalue weighted by molar-refractivity contribution is 7.98. The Balaban J connectivity index is 2.05. The standard InChI is InChI=1S/C28H28PS/c1-3-28(23-19-21-27(30-2)22-20-23)29(24-13-7-4-8-14-24,25-15-9-5-10-16-25)26-17-11-6-12-18-26/h4-22,28H,3H2,1-2H3/q+1. The van der Waals surface area contributed by atoms with Crippen molar-refractivity contribution in [3.05, 3.63) is 121 Å². The van der Waals surface area contributed by atoms with Crippen molar-refractivity contribution in [1.82, 2.24) is 0 Å². The average Bonchev–Trinajstić information content (AvgIpc) is 2.84. The molecule has 30 heavy (non-hydrogen) atoms. The molecule has 0 nitrogen and oxygen atoms in total. The predicted octanol–water partition coefficient (Wildman–Crippen LogP) is 6.85. The van der Waals surface area contributed by atoms with E-state index in [1.807, 2.05) is 0 Å². The minimum absolute atomic E-state index is 0.417. The molecule has 0 fully saturated rings. The molecule has 4 rings (SSSR count). The van der Waals surface area contributed by atoms with Gasteiger partial charge in [-0.25, -0.2) is 0 Å². The molecule has 0 amide bonds. The van der Waals surface area contributed by atoms with Gasteiger partial charge in [-0.2, -0.15) is 0 Å². The summed E-state index contributed by atoms with van der Waals surface area (Å²) in [6.07, 6.45) is 3.23. The third-order valence-electron chi connectivity index (χ3n) is 5.85. The lowest BCUT2D eigenvalue weighted by atomic mass is 10.1. The molecule has 0 aliphatic rings. The van der Waals surface area contributed by atoms with E-state index >= 15 is 0 Å². The summed E-state index contributed by atoms with van der Waals surface area (Å²) in [4.78, 5) is 1.32. The maximum Gasteiger partial charge on any atom is 0.119 e. The van der Waals surface area contributed by atoms with Gasteiger partial charge in [-0.3, -0.25) is 0 Å². The molecular formula is C28H28PS+. The fourth-order valence-corrected chi connectivity index (χ4v) is 10.0. The topological polar surface area (TPSA) is 0 Å². The molecule has 0 aliphatic heterocycles. The second-order valence-corrected chi connectivity index (χ2v) is 11.9. The van der Waals surface area contributed by atoms with Crippen LogP contribution in [0.4, 0.5) is 0 Å². The van der Waals surface area contributed by atoms with E-state index in [1.54, 1.807) is 11.8 Å². The second kappa shape index (κ2) is 9.65. The lowest BCUT2D eigenvalue weighted by molar-refractivity contribution is 0.880. The molecule has 0 N–H and O–H groups in total. The normalized spacial score (nSPS) is 12.5. The van der Waals surface area contributed by atoms with E-state index in [1.165, 1.54) is 26.4 Å². The molecule has 2 heteroatoms. The van der Waals surface area contributed by atoms with Crippen molar-refractivity contribution in [1.29, 1.82) is 0 Å². The largest absolute Gasteiger partial charge is 0.130 e. The van der Waals surface area contributed by atoms with Crippen LogP contribution >= 0.6 is 19.0 Å². The number of benzene rings is 4. The summed E-state index contributed by atoms with van der Waals surface area (Å²) in [6, 6.07) is 42.8. The van der Waals surface area contributed by atoms with Gasteiger partial charge in [-0.15, -0.1) is 11.8 Å². The summed E-state index contributed by atoms with van der Waals surface area (Å²) in [6.45, 7) is 2.34. The fourth-order valence-electron chi connectivity index (χ4n) is 4.54. The van der Waals surface area contributed by atoms with Crippen LogP contribution < -0.4 is 15.9 Å². The zero-order valence-electron chi connectivity index (χ0n) is 17.6. The first-order valence-corrected chi connectivity index (χ1v) is 13.6. The number of rotatable bonds is 7. The third kappa shape index (κ3) is 3.85. The summed E-state index contributed by atoms with van der Waals surface area (Å²) in [5.41, 5.74) is 1.85. The van der Waals surface area contributed by atoms with Crippen LogP contribution in [0.5, 0.6) is 0 Å². The third-order valence-corrected chi connectivity index (χ3v) is 11.5. The Hall–Kier alpha value is -2.34. The first-order valence-electron chi connectivity index (χ1n) is 10.5. The van der Waals surface area contributed by atoms with E-state index in [0.717, 1.165) is 6.42 Å². The van der Waals surface area contributed by atoms with E-state index in [2.05, 4.69) is 128 Å². The van der Waals surface area contributed by atoms with Crippen LogP contribution in [0.2, 0.25) is 0 Å². The fraction of sp³-hybridized carbons (Fsp3) is 0.143. The summed E-state index contributed by atoms with van der Waals surface area (Å²) < 4.78 is 0. The summed E-state index contributed by atoms with van der Waals surface area (Å²) in [7, 11) is -1.92. The number of hydrogen-bond acceptors (Lipinski definition) is 1. The number of hydrogen-bond donors (Lipinski definition) is 0. The van der Waals surface area contributed by atoms with Crippen LogP contribution in [-0.4, -0.2) is 6.26 Å². The van der Waals surface area contributed by atoms with E-state index in [9.17, 15) is 0 Å². The van der Waals surface area contributed by atoms with Gasteiger partial charge in [-0.1, -0.05) is 73.7 Å². The Bertz CT molecular complexity index is 947. The van der Waals surface area contributed by atoms with Gasteiger partial charge in [0, 0.05) is 4.90 Å². The molecule has 0 bridgehead atoms. The van der Waals surface area contributed by atoms with Crippen molar-refractivity contribution in [3.63, 3.8) is 0 Å². The Morgan fingerprint density at radius 2 is 1.00 bits per heavy atom. The summed E-state index contributed by atoms with van der Waals surface area (Å²) in [5, 5.41) is 4.34. The zero-order chi connectivity index (χ0) is 20.8. The maximum atomic E-state index is 2.35. The molecule has 0 spiro atoms. The van der Waals surface area contributed by atoms with Gasteiger partial charge < -0.3 is 0 Å². The lowest BCUT2D eigenvalue weighted by Crippen LogP contribution is -2.35. The second-order valence-electron chi connectivity index (χ2n) is 7.43. The Labute approximate surface area is 185 Å². The first kappa shape index (κ1) is 20.9. The van der Waals surface area contributed by atoms with Crippen molar-refractivity contribution in [2.24, 2.45) is 0 Å². The van der Waals surface area contributed by atoms with Gasteiger partial charge >= 0.3 is 0 Å². The van der Waals surface area contributed by atoms with Crippen LogP contribution in [0, 0.1) is 0 Å². The van der Waals surface area contributed by atoms with E-state index < -0.39 is 7.26 Å². The Kier molecular flexibility index (Phi) is 6.72. The molecule has 0 aromatic heterocycles. The molecule has 0 saturated heterocycles. The molecule has 4 aromatic rings. The minimum Gasteiger partial charge on any atom is -0.130 e. The Morgan fingerprint density at radius 3 is 1.33 bits per heavy atom. The molecule has 4 aromatic carbocycles. The summed E-state index contributed by atoms with van der Waals surface area (Å²) in [5.74, 6) is 0. The molecule has 150 valence electrons. The van der Waals surface area contributed by atoms with Gasteiger partial charge in [0.05, 0.1) is 0 Å². The van der Waals surface area contributed by atoms with Crippen LogP contribution in [0.1, 0.15) is 24.6 Å². The van der Waals surface area contributed by atoms with E-state index in [0.29, 0.717) is 5.66 Å². The smallest absolute Gasteiger partial charge is 0.119 e. The lowest BCUT2D eigenvalue weighted by Gasteiger charge is -2.34. The van der Waals surface area contributed by atoms with Gasteiger partial charge in [0.2, 0.25) is 0 Å². The SMILES string of the molecule is CCC(c1ccc(SC)cc1)[P+](c1ccccc1)(c1ccccc1)c1ccccc1. The molecule has 0 saturated carbocycles. The molecule has 0 aliphatic carbocycles. The highest BCUT2D eigenvalue weighted by Crippen LogP contribution is 2.67. The molecule has 1 atom stereocenters. The number of thioether (sulfide) groups is 1. The highest BCUT2D eigenvalue weighted by atomic mass is 32.2. The van der Waals surface area contributed by atoms with Gasteiger partial charge in [-0.05, 0) is 66.8 Å². The van der Waals surface area contributed by atoms with Crippen molar-refractivity contribution < 1.29 is 0 Å². The van der Waals surface area contributed by atoms with Crippen LogP contribution in [0.3, 0.4) is 0 Å². The van der Waals surface area contributed by atoms with Crippen molar-refractivity contribution in [3.8, 4) is 0 Å². The van der Waals surface area contributed by atoms with E-state index in [4.69, 9.17) is 0 Å². The molecule has 1 unspecified atom stereocenters. The maximum absolute atomic E-state index is 2.35. The van der Waals surface area contributed by atoms with Crippen molar-refractivity contribution in [2.45, 2.75) is 23.9 Å². The Morgan fingerprint density at radius 1 is 0.600 bits per heavy atom. The van der Waals surface area contributed by atoms with Gasteiger partial charge in [0.25, 0.3) is 0 Å². The van der Waals surface area contributed by atoms with Gasteiger partial charge in [0.1, 0.15) is 28.8 Å². The quantitative estimate of drug-likeness (QED) is 0.229. The van der Waals surface area contributed by atoms with Crippen molar-refractivity contribution >= 4 is 34.9 Å². The molecule has 0 radical (unpaired) electrons. The minimum atomic E-state index is -1.92. The van der Waals surface area contributed by atoms with Crippen LogP contribution in [0.25, 0.3) is 0 Å². The van der Waals surface area contributed by atoms with Gasteiger partial charge in [0.15, 0.2) is 0 Å².